The Labute approximate surface area is 231 Å². The van der Waals surface area contributed by atoms with Crippen LogP contribution in [0.5, 0.6) is 0 Å². The van der Waals surface area contributed by atoms with Gasteiger partial charge in [-0.2, -0.15) is 0 Å². The van der Waals surface area contributed by atoms with Gasteiger partial charge in [0.15, 0.2) is 0 Å². The minimum atomic E-state index is -4.19. The lowest BCUT2D eigenvalue weighted by Crippen LogP contribution is -2.51. The van der Waals surface area contributed by atoms with Crippen molar-refractivity contribution in [2.75, 3.05) is 17.4 Å². The van der Waals surface area contributed by atoms with E-state index in [9.17, 15) is 22.4 Å². The maximum Gasteiger partial charge on any atom is 0.264 e. The van der Waals surface area contributed by atoms with Gasteiger partial charge in [-0.3, -0.25) is 13.9 Å². The Morgan fingerprint density at radius 3 is 2.16 bits per heavy atom. The van der Waals surface area contributed by atoms with E-state index in [1.165, 1.54) is 29.2 Å². The van der Waals surface area contributed by atoms with Crippen molar-refractivity contribution in [2.24, 2.45) is 0 Å². The molecule has 3 aromatic carbocycles. The molecular weight excluding hydrogens is 573 g/mol. The normalized spacial score (nSPS) is 12.0. The molecule has 0 spiro atoms. The summed E-state index contributed by atoms with van der Waals surface area (Å²) < 4.78 is 42.9. The lowest BCUT2D eigenvalue weighted by atomic mass is 10.1. The van der Waals surface area contributed by atoms with Gasteiger partial charge in [-0.25, -0.2) is 12.8 Å². The minimum absolute atomic E-state index is 0.00609. The van der Waals surface area contributed by atoms with Crippen molar-refractivity contribution in [3.05, 3.63) is 94.2 Å². The van der Waals surface area contributed by atoms with E-state index in [4.69, 9.17) is 0 Å². The fourth-order valence-corrected chi connectivity index (χ4v) is 5.42. The second-order valence-electron chi connectivity index (χ2n) is 8.92. The van der Waals surface area contributed by atoms with Gasteiger partial charge >= 0.3 is 0 Å². The predicted molar refractivity (Wildman–Crippen MR) is 150 cm³/mol. The molecular formula is C28H31BrFN3O4S. The highest BCUT2D eigenvalue weighted by Crippen LogP contribution is 2.25. The smallest absolute Gasteiger partial charge is 0.264 e. The number of carbonyl (C=O) groups excluding carboxylic acids is 2. The number of halogens is 2. The number of hydrogen-bond donors (Lipinski definition) is 1. The van der Waals surface area contributed by atoms with E-state index in [2.05, 4.69) is 21.2 Å². The molecule has 1 N–H and O–H groups in total. The molecule has 1 unspecified atom stereocenters. The average molecular weight is 605 g/mol. The van der Waals surface area contributed by atoms with E-state index in [1.54, 1.807) is 19.1 Å². The zero-order valence-electron chi connectivity index (χ0n) is 21.5. The lowest BCUT2D eigenvalue weighted by Gasteiger charge is -2.32. The molecule has 0 saturated heterocycles. The summed E-state index contributed by atoms with van der Waals surface area (Å²) in [6.45, 7) is 5.33. The molecule has 0 radical (unpaired) electrons. The maximum absolute atomic E-state index is 13.8. The molecule has 0 saturated carbocycles. The van der Waals surface area contributed by atoms with Crippen LogP contribution in [0.4, 0.5) is 10.1 Å². The zero-order valence-corrected chi connectivity index (χ0v) is 23.9. The van der Waals surface area contributed by atoms with E-state index < -0.39 is 34.3 Å². The number of hydrogen-bond acceptors (Lipinski definition) is 4. The minimum Gasteiger partial charge on any atom is -0.354 e. The molecule has 0 fully saturated rings. The number of aryl methyl sites for hydroxylation is 1. The molecule has 2 amide bonds. The molecule has 1 atom stereocenters. The molecule has 3 rings (SSSR count). The van der Waals surface area contributed by atoms with Crippen molar-refractivity contribution in [3.63, 3.8) is 0 Å². The first-order valence-corrected chi connectivity index (χ1v) is 14.4. The largest absolute Gasteiger partial charge is 0.354 e. The van der Waals surface area contributed by atoms with Crippen molar-refractivity contribution >= 4 is 43.5 Å². The third kappa shape index (κ3) is 7.41. The molecule has 0 aliphatic rings. The van der Waals surface area contributed by atoms with E-state index in [1.807, 2.05) is 38.1 Å². The van der Waals surface area contributed by atoms with Crippen LogP contribution in [-0.2, 0) is 26.2 Å². The molecule has 7 nitrogen and oxygen atoms in total. The molecule has 0 heterocycles. The van der Waals surface area contributed by atoms with Gasteiger partial charge in [-0.1, -0.05) is 52.7 Å². The highest BCUT2D eigenvalue weighted by molar-refractivity contribution is 9.10. The average Bonchev–Trinajstić information content (AvgIpc) is 2.90. The number of nitrogens with one attached hydrogen (secondary N) is 1. The Balaban J connectivity index is 2.00. The SMILES string of the molecule is CCCNC(=O)C(C)N(Cc1ccc(Br)cc1)C(=O)CN(c1ccc(F)cc1)S(=O)(=O)c1ccc(C)cc1. The predicted octanol–water partition coefficient (Wildman–Crippen LogP) is 5.04. The van der Waals surface area contributed by atoms with Crippen LogP contribution < -0.4 is 9.62 Å². The lowest BCUT2D eigenvalue weighted by molar-refractivity contribution is -0.139. The molecule has 10 heteroatoms. The number of anilines is 1. The van der Waals surface area contributed by atoms with Crippen LogP contribution in [0.25, 0.3) is 0 Å². The van der Waals surface area contributed by atoms with E-state index in [0.29, 0.717) is 6.54 Å². The van der Waals surface area contributed by atoms with Crippen molar-refractivity contribution in [3.8, 4) is 0 Å². The summed E-state index contributed by atoms with van der Waals surface area (Å²) >= 11 is 3.39. The van der Waals surface area contributed by atoms with Crippen LogP contribution >= 0.6 is 15.9 Å². The van der Waals surface area contributed by atoms with Gasteiger partial charge in [-0.15, -0.1) is 0 Å². The van der Waals surface area contributed by atoms with Gasteiger partial charge in [0.1, 0.15) is 18.4 Å². The van der Waals surface area contributed by atoms with Crippen LogP contribution in [0.3, 0.4) is 0 Å². The third-order valence-electron chi connectivity index (χ3n) is 5.99. The van der Waals surface area contributed by atoms with Gasteiger partial charge in [0.05, 0.1) is 10.6 Å². The summed E-state index contributed by atoms with van der Waals surface area (Å²) in [6.07, 6.45) is 0.728. The Bertz CT molecular complexity index is 1350. The van der Waals surface area contributed by atoms with Crippen LogP contribution in [-0.4, -0.2) is 44.3 Å². The summed E-state index contributed by atoms with van der Waals surface area (Å²) in [4.78, 5) is 28.0. The summed E-state index contributed by atoms with van der Waals surface area (Å²) in [7, 11) is -4.19. The van der Waals surface area contributed by atoms with E-state index >= 15 is 0 Å². The van der Waals surface area contributed by atoms with E-state index in [0.717, 1.165) is 38.5 Å². The second kappa shape index (κ2) is 13.0. The molecule has 0 aromatic heterocycles. The van der Waals surface area contributed by atoms with Crippen LogP contribution in [0.2, 0.25) is 0 Å². The highest BCUT2D eigenvalue weighted by Gasteiger charge is 2.32. The molecule has 3 aromatic rings. The van der Waals surface area contributed by atoms with Crippen molar-refractivity contribution in [2.45, 2.75) is 44.7 Å². The Morgan fingerprint density at radius 2 is 1.58 bits per heavy atom. The second-order valence-corrected chi connectivity index (χ2v) is 11.7. The van der Waals surface area contributed by atoms with Crippen molar-refractivity contribution < 1.29 is 22.4 Å². The van der Waals surface area contributed by atoms with Crippen LogP contribution in [0.1, 0.15) is 31.4 Å². The first-order chi connectivity index (χ1) is 18.0. The monoisotopic (exact) mass is 603 g/mol. The number of amides is 2. The number of nitrogens with zero attached hydrogens (tertiary/aromatic N) is 2. The topological polar surface area (TPSA) is 86.8 Å². The number of sulfonamides is 1. The fourth-order valence-electron chi connectivity index (χ4n) is 3.74. The quantitative estimate of drug-likeness (QED) is 0.333. The Morgan fingerprint density at radius 1 is 0.974 bits per heavy atom. The first-order valence-electron chi connectivity index (χ1n) is 12.2. The standard InChI is InChI=1S/C28H31BrFN3O4S/c1-4-17-31-28(35)21(3)32(18-22-7-9-23(29)10-8-22)27(34)19-33(25-13-11-24(30)12-14-25)38(36,37)26-15-5-20(2)6-16-26/h5-16,21H,4,17-19H2,1-3H3,(H,31,35). The van der Waals surface area contributed by atoms with Crippen molar-refractivity contribution in [1.82, 2.24) is 10.2 Å². The Kier molecular flexibility index (Phi) is 10.0. The van der Waals surface area contributed by atoms with Gasteiger partial charge in [0.25, 0.3) is 10.0 Å². The summed E-state index contributed by atoms with van der Waals surface area (Å²) in [5, 5.41) is 2.80. The van der Waals surface area contributed by atoms with Crippen LogP contribution in [0.15, 0.2) is 82.2 Å². The third-order valence-corrected chi connectivity index (χ3v) is 8.30. The highest BCUT2D eigenvalue weighted by atomic mass is 79.9. The Hall–Kier alpha value is -3.24. The molecule has 0 bridgehead atoms. The van der Waals surface area contributed by atoms with E-state index in [-0.39, 0.29) is 23.0 Å². The van der Waals surface area contributed by atoms with Gasteiger partial charge in [0.2, 0.25) is 11.8 Å². The van der Waals surface area contributed by atoms with Crippen LogP contribution in [0, 0.1) is 12.7 Å². The molecule has 202 valence electrons. The fraction of sp³-hybridized carbons (Fsp3) is 0.286. The van der Waals surface area contributed by atoms with Crippen molar-refractivity contribution in [1.29, 1.82) is 0 Å². The zero-order chi connectivity index (χ0) is 27.9. The number of benzene rings is 3. The first kappa shape index (κ1) is 29.3. The molecule has 0 aliphatic carbocycles. The van der Waals surface area contributed by atoms with Gasteiger partial charge in [0, 0.05) is 17.6 Å². The number of carbonyl (C=O) groups is 2. The summed E-state index contributed by atoms with van der Waals surface area (Å²) in [6, 6.07) is 17.6. The molecule has 38 heavy (non-hydrogen) atoms. The number of rotatable bonds is 11. The van der Waals surface area contributed by atoms with Gasteiger partial charge in [-0.05, 0) is 74.4 Å². The van der Waals surface area contributed by atoms with Gasteiger partial charge < -0.3 is 10.2 Å². The maximum atomic E-state index is 13.8. The summed E-state index contributed by atoms with van der Waals surface area (Å²) in [5.41, 5.74) is 1.78. The molecule has 0 aliphatic heterocycles. The summed E-state index contributed by atoms with van der Waals surface area (Å²) in [5.74, 6) is -1.45.